The Morgan fingerprint density at radius 3 is 2.58 bits per heavy atom. The Kier molecular flexibility index (Phi) is 14.7. The van der Waals surface area contributed by atoms with Gasteiger partial charge in [0.2, 0.25) is 5.91 Å². The van der Waals surface area contributed by atoms with E-state index in [1.54, 1.807) is 41.7 Å². The SMILES string of the molecule is CO[C@@H](C)c1ncccc1-c1c2c3cc(ccc3n1CC(F)(F)F)C1=CCCN(C1)C[C@H](NC(=O)[C@H](C(C)C)N(C)CC1CCN1C(=O)n1ccnc1)C(=O)N1CCC[C@H](N1)C(=O)OCC(C)(C)C2. The van der Waals surface area contributed by atoms with Crippen LogP contribution >= 0.6 is 0 Å². The molecule has 7 heterocycles. The number of halogens is 3. The number of esters is 1. The fourth-order valence-electron chi connectivity index (χ4n) is 10.4. The second-order valence-electron chi connectivity index (χ2n) is 20.2. The minimum atomic E-state index is -4.57. The number of imidazole rings is 1. The predicted molar refractivity (Wildman–Crippen MR) is 253 cm³/mol. The Balaban J connectivity index is 1.15. The first kappa shape index (κ1) is 49.8. The monoisotopic (exact) mass is 959 g/mol. The van der Waals surface area contributed by atoms with Gasteiger partial charge in [-0.3, -0.25) is 38.7 Å². The van der Waals surface area contributed by atoms with Crippen LogP contribution in [0.3, 0.4) is 0 Å². The van der Waals surface area contributed by atoms with E-state index in [0.29, 0.717) is 85.4 Å². The molecule has 2 fully saturated rings. The van der Waals surface area contributed by atoms with Crippen LogP contribution in [0.25, 0.3) is 27.7 Å². The molecule has 2 unspecified atom stereocenters. The molecule has 19 heteroatoms. The summed E-state index contributed by atoms with van der Waals surface area (Å²) in [6.07, 6.45) is 5.83. The molecule has 372 valence electrons. The minimum absolute atomic E-state index is 0.0589. The standard InChI is InChI=1S/C50H65F3N10O6/c1-31(2)43(58(6)26-35-16-21-61(35)48(67)60-22-18-54-30-60)45(64)56-40-27-59-19-9-11-34(25-59)33-14-15-41-37(23-33)38(24-49(4,5)29-69-47(66)39-13-10-20-63(57-39)46(40)65)44(62(41)28-50(51,52)53)36-12-8-17-55-42(36)32(3)68-7/h8,11-12,14-15,17-18,22-23,30-32,35,39-40,43,57H,9-10,13,16,19-21,24-29H2,1-7H3,(H,56,64)/t32-,35?,39-,40-,43-/m0/s1. The minimum Gasteiger partial charge on any atom is -0.464 e. The van der Waals surface area contributed by atoms with Crippen LogP contribution < -0.4 is 10.7 Å². The number of benzene rings is 1. The molecule has 4 aliphatic heterocycles. The largest absolute Gasteiger partial charge is 0.464 e. The Morgan fingerprint density at radius 2 is 1.88 bits per heavy atom. The normalized spacial score (nSPS) is 23.3. The average Bonchev–Trinajstić information content (AvgIpc) is 3.95. The summed E-state index contributed by atoms with van der Waals surface area (Å²) in [5.41, 5.74) is 6.56. The number of hydrogen-bond donors (Lipinski definition) is 2. The van der Waals surface area contributed by atoms with Gasteiger partial charge < -0.3 is 24.3 Å². The Morgan fingerprint density at radius 1 is 1.09 bits per heavy atom. The summed E-state index contributed by atoms with van der Waals surface area (Å²) in [4.78, 5) is 70.9. The third-order valence-corrected chi connectivity index (χ3v) is 14.0. The number of fused-ring (bicyclic) bond motifs is 6. The lowest BCUT2D eigenvalue weighted by Gasteiger charge is -2.44. The van der Waals surface area contributed by atoms with Crippen molar-refractivity contribution < 1.29 is 41.8 Å². The van der Waals surface area contributed by atoms with Crippen molar-refractivity contribution in [3.05, 3.63) is 78.1 Å². The quantitative estimate of drug-likeness (QED) is 0.178. The molecule has 0 saturated carbocycles. The zero-order valence-corrected chi connectivity index (χ0v) is 40.6. The van der Waals surface area contributed by atoms with Gasteiger partial charge in [-0.2, -0.15) is 13.2 Å². The highest BCUT2D eigenvalue weighted by Gasteiger charge is 2.41. The molecular weight excluding hydrogens is 894 g/mol. The van der Waals surface area contributed by atoms with Crippen LogP contribution in [0.2, 0.25) is 0 Å². The highest BCUT2D eigenvalue weighted by Crippen LogP contribution is 2.43. The van der Waals surface area contributed by atoms with E-state index in [2.05, 4.69) is 31.7 Å². The predicted octanol–water partition coefficient (Wildman–Crippen LogP) is 6.06. The van der Waals surface area contributed by atoms with Crippen molar-refractivity contribution in [1.82, 2.24) is 49.6 Å². The number of carbonyl (C=O) groups excluding carboxylic acids is 4. The van der Waals surface area contributed by atoms with Gasteiger partial charge in [0.1, 0.15) is 25.0 Å². The topological polar surface area (TPSA) is 159 Å². The van der Waals surface area contributed by atoms with Crippen molar-refractivity contribution in [1.29, 1.82) is 0 Å². The first-order valence-electron chi connectivity index (χ1n) is 24.0. The highest BCUT2D eigenvalue weighted by atomic mass is 19.4. The number of nitrogens with one attached hydrogen (secondary N) is 2. The van der Waals surface area contributed by atoms with Crippen LogP contribution in [0.15, 0.2) is 61.3 Å². The summed E-state index contributed by atoms with van der Waals surface area (Å²) in [7, 11) is 3.39. The molecular formula is C50H65F3N10O6. The number of cyclic esters (lactones) is 1. The number of amides is 3. The summed E-state index contributed by atoms with van der Waals surface area (Å²) in [6.45, 7) is 10.7. The maximum Gasteiger partial charge on any atom is 0.406 e. The van der Waals surface area contributed by atoms with Crippen LogP contribution in [0.1, 0.15) is 83.2 Å². The van der Waals surface area contributed by atoms with Crippen LogP contribution in [0.4, 0.5) is 18.0 Å². The average molecular weight is 959 g/mol. The molecule has 69 heavy (non-hydrogen) atoms. The van der Waals surface area contributed by atoms with Crippen LogP contribution in [-0.4, -0.2) is 153 Å². The molecule has 4 aliphatic rings. The van der Waals surface area contributed by atoms with Gasteiger partial charge in [0.15, 0.2) is 0 Å². The molecule has 6 atom stereocenters. The molecule has 6 bridgehead atoms. The smallest absolute Gasteiger partial charge is 0.406 e. The highest BCUT2D eigenvalue weighted by molar-refractivity contribution is 5.95. The van der Waals surface area contributed by atoms with Gasteiger partial charge in [-0.15, -0.1) is 0 Å². The van der Waals surface area contributed by atoms with Gasteiger partial charge in [0, 0.05) is 92.9 Å². The number of pyridine rings is 1. The number of likely N-dealkylation sites (N-methyl/N-ethyl adjacent to an activating group) is 1. The first-order chi connectivity index (χ1) is 32.8. The molecule has 0 spiro atoms. The lowest BCUT2D eigenvalue weighted by molar-refractivity contribution is -0.155. The molecule has 16 nitrogen and oxygen atoms in total. The molecule has 1 aromatic carbocycles. The Bertz CT molecular complexity index is 2560. The second-order valence-corrected chi connectivity index (χ2v) is 20.2. The van der Waals surface area contributed by atoms with E-state index < -0.39 is 48.3 Å². The summed E-state index contributed by atoms with van der Waals surface area (Å²) >= 11 is 0. The fraction of sp³-hybridized carbons (Fsp3) is 0.560. The molecule has 0 aliphatic carbocycles. The number of aromatic nitrogens is 4. The maximum atomic E-state index is 14.8. The fourth-order valence-corrected chi connectivity index (χ4v) is 10.4. The van der Waals surface area contributed by atoms with Crippen molar-refractivity contribution in [3.63, 3.8) is 0 Å². The lowest BCUT2D eigenvalue weighted by Crippen LogP contribution is -2.64. The van der Waals surface area contributed by atoms with Gasteiger partial charge in [-0.05, 0) is 93.0 Å². The third kappa shape index (κ3) is 10.9. The second kappa shape index (κ2) is 20.4. The Labute approximate surface area is 401 Å². The molecule has 4 aromatic rings. The number of nitrogens with zero attached hydrogens (tertiary/aromatic N) is 8. The van der Waals surface area contributed by atoms with E-state index in [4.69, 9.17) is 9.47 Å². The zero-order chi connectivity index (χ0) is 49.4. The molecule has 2 saturated heterocycles. The maximum absolute atomic E-state index is 14.8. The van der Waals surface area contributed by atoms with E-state index in [9.17, 15) is 32.3 Å². The number of rotatable bonds is 10. The number of hydrazine groups is 1. The Hall–Kier alpha value is -5.63. The molecule has 0 radical (unpaired) electrons. The van der Waals surface area contributed by atoms with E-state index in [1.807, 2.05) is 58.7 Å². The number of likely N-dealkylation sites (tertiary alicyclic amines) is 1. The number of methoxy groups -OCH3 is 1. The lowest BCUT2D eigenvalue weighted by atomic mass is 9.84. The number of ether oxygens (including phenoxy) is 2. The summed E-state index contributed by atoms with van der Waals surface area (Å²) in [6, 6.07) is 6.22. The molecule has 8 rings (SSSR count). The van der Waals surface area contributed by atoms with Crippen molar-refractivity contribution in [3.8, 4) is 11.3 Å². The number of carbonyl (C=O) groups is 4. The van der Waals surface area contributed by atoms with Crippen molar-refractivity contribution in [2.24, 2.45) is 11.3 Å². The molecule has 2 N–H and O–H groups in total. The van der Waals surface area contributed by atoms with Crippen molar-refractivity contribution in [2.45, 2.75) is 110 Å². The van der Waals surface area contributed by atoms with E-state index in [1.165, 1.54) is 27.6 Å². The van der Waals surface area contributed by atoms with E-state index >= 15 is 0 Å². The van der Waals surface area contributed by atoms with Crippen molar-refractivity contribution >= 4 is 40.3 Å². The number of alkyl halides is 3. The van der Waals surface area contributed by atoms with Gasteiger partial charge >= 0.3 is 18.2 Å². The van der Waals surface area contributed by atoms with E-state index in [-0.39, 0.29) is 49.4 Å². The summed E-state index contributed by atoms with van der Waals surface area (Å²) in [5, 5.41) is 5.20. The van der Waals surface area contributed by atoms with E-state index in [0.717, 1.165) is 17.6 Å². The van der Waals surface area contributed by atoms with Gasteiger partial charge in [0.05, 0.1) is 30.1 Å². The third-order valence-electron chi connectivity index (χ3n) is 14.0. The van der Waals surface area contributed by atoms with Gasteiger partial charge in [0.25, 0.3) is 5.91 Å². The summed E-state index contributed by atoms with van der Waals surface area (Å²) in [5.74, 6) is -1.45. The van der Waals surface area contributed by atoms with Crippen molar-refractivity contribution in [2.75, 3.05) is 60.0 Å². The molecule has 3 amide bonds. The van der Waals surface area contributed by atoms with Crippen LogP contribution in [0.5, 0.6) is 0 Å². The van der Waals surface area contributed by atoms with Gasteiger partial charge in [-0.1, -0.05) is 39.8 Å². The van der Waals surface area contributed by atoms with Crippen LogP contribution in [-0.2, 0) is 36.8 Å². The first-order valence-corrected chi connectivity index (χ1v) is 24.0. The number of hydrogen-bond acceptors (Lipinski definition) is 11. The zero-order valence-electron chi connectivity index (χ0n) is 40.6. The molecule has 3 aromatic heterocycles. The van der Waals surface area contributed by atoms with Crippen LogP contribution in [0, 0.1) is 11.3 Å². The van der Waals surface area contributed by atoms with Gasteiger partial charge in [-0.25, -0.2) is 15.2 Å². The summed E-state index contributed by atoms with van der Waals surface area (Å²) < 4.78 is 58.6.